The zero-order valence-electron chi connectivity index (χ0n) is 21.5. The number of hydrogen-bond donors (Lipinski definition) is 4. The van der Waals surface area contributed by atoms with Gasteiger partial charge in [0, 0.05) is 50.1 Å². The summed E-state index contributed by atoms with van der Waals surface area (Å²) in [5.41, 5.74) is 2.60. The summed E-state index contributed by atoms with van der Waals surface area (Å²) in [7, 11) is 1.78. The number of amides is 3. The van der Waals surface area contributed by atoms with Gasteiger partial charge in [-0.1, -0.05) is 18.2 Å². The Labute approximate surface area is 225 Å². The van der Waals surface area contributed by atoms with Crippen molar-refractivity contribution in [2.24, 2.45) is 0 Å². The van der Waals surface area contributed by atoms with Crippen LogP contribution in [0.1, 0.15) is 35.2 Å². The number of nitrogens with zero attached hydrogens (tertiary/aromatic N) is 3. The van der Waals surface area contributed by atoms with Crippen molar-refractivity contribution >= 4 is 46.3 Å². The molecule has 3 amide bonds. The summed E-state index contributed by atoms with van der Waals surface area (Å²) in [6.07, 6.45) is 4.55. The molecule has 0 unspecified atom stereocenters. The van der Waals surface area contributed by atoms with E-state index >= 15 is 0 Å². The fourth-order valence-electron chi connectivity index (χ4n) is 4.31. The van der Waals surface area contributed by atoms with Crippen LogP contribution in [0.4, 0.5) is 23.0 Å². The van der Waals surface area contributed by atoms with Crippen molar-refractivity contribution in [3.05, 3.63) is 72.2 Å². The van der Waals surface area contributed by atoms with Crippen LogP contribution < -0.4 is 26.0 Å². The molecule has 0 radical (unpaired) electrons. The van der Waals surface area contributed by atoms with Crippen molar-refractivity contribution in [3.8, 4) is 5.75 Å². The second kappa shape index (κ2) is 11.6. The molecule has 4 N–H and O–H groups in total. The predicted octanol–water partition coefficient (Wildman–Crippen LogP) is 3.57. The Kier molecular flexibility index (Phi) is 7.67. The summed E-state index contributed by atoms with van der Waals surface area (Å²) in [6, 6.07) is 14.1. The molecule has 5 rings (SSSR count). The number of carbonyl (C=O) groups excluding carboxylic acids is 3. The lowest BCUT2D eigenvalue weighted by molar-refractivity contribution is -0.130. The molecule has 0 atom stereocenters. The van der Waals surface area contributed by atoms with Crippen molar-refractivity contribution in [1.82, 2.24) is 14.9 Å². The fraction of sp³-hybridized carbons (Fsp3) is 0.250. The number of fused-ring (bicyclic) bond motifs is 2. The minimum absolute atomic E-state index is 0.0238. The Morgan fingerprint density at radius 2 is 1.87 bits per heavy atom. The van der Waals surface area contributed by atoms with Gasteiger partial charge in [-0.05, 0) is 37.1 Å². The molecule has 0 saturated carbocycles. The number of rotatable bonds is 2. The highest BCUT2D eigenvalue weighted by Crippen LogP contribution is 2.35. The Balaban J connectivity index is 1.45. The summed E-state index contributed by atoms with van der Waals surface area (Å²) in [6.45, 7) is 1.42. The summed E-state index contributed by atoms with van der Waals surface area (Å²) < 4.78 is 6.03. The van der Waals surface area contributed by atoms with E-state index in [0.717, 1.165) is 0 Å². The Morgan fingerprint density at radius 3 is 2.72 bits per heavy atom. The monoisotopic (exact) mass is 527 g/mol. The number of hydrogen-bond acceptors (Lipinski definition) is 8. The molecule has 2 aliphatic heterocycles. The average Bonchev–Trinajstić information content (AvgIpc) is 3.28. The number of nitrogens with one attached hydrogen (secondary N) is 4. The lowest BCUT2D eigenvalue weighted by Crippen LogP contribution is -2.29. The van der Waals surface area contributed by atoms with Crippen LogP contribution in [0.2, 0.25) is 0 Å². The van der Waals surface area contributed by atoms with Gasteiger partial charge in [0.2, 0.25) is 5.91 Å². The molecule has 0 aliphatic carbocycles. The van der Waals surface area contributed by atoms with Crippen LogP contribution in [-0.2, 0) is 9.59 Å². The van der Waals surface area contributed by atoms with Crippen molar-refractivity contribution in [3.63, 3.8) is 0 Å². The molecule has 11 heteroatoms. The van der Waals surface area contributed by atoms with Crippen LogP contribution in [0.3, 0.4) is 0 Å². The normalized spacial score (nSPS) is 17.2. The smallest absolute Gasteiger partial charge is 0.259 e. The Morgan fingerprint density at radius 1 is 1.05 bits per heavy atom. The van der Waals surface area contributed by atoms with Crippen molar-refractivity contribution < 1.29 is 19.1 Å². The third kappa shape index (κ3) is 5.98. The first kappa shape index (κ1) is 25.7. The van der Waals surface area contributed by atoms with Crippen molar-refractivity contribution in [2.45, 2.75) is 19.3 Å². The minimum atomic E-state index is -0.302. The second-order valence-electron chi connectivity index (χ2n) is 9.18. The van der Waals surface area contributed by atoms with Crippen LogP contribution >= 0.6 is 0 Å². The van der Waals surface area contributed by atoms with Gasteiger partial charge < -0.3 is 30.9 Å². The van der Waals surface area contributed by atoms with Gasteiger partial charge in [-0.25, -0.2) is 9.97 Å². The molecule has 39 heavy (non-hydrogen) atoms. The average molecular weight is 528 g/mol. The molecule has 1 aromatic heterocycles. The lowest BCUT2D eigenvalue weighted by atomic mass is 10.1. The molecule has 200 valence electrons. The van der Waals surface area contributed by atoms with Gasteiger partial charge in [-0.2, -0.15) is 0 Å². The topological polar surface area (TPSA) is 138 Å². The summed E-state index contributed by atoms with van der Waals surface area (Å²) in [4.78, 5) is 48.4. The van der Waals surface area contributed by atoms with Gasteiger partial charge in [0.25, 0.3) is 11.8 Å². The van der Waals surface area contributed by atoms with Crippen molar-refractivity contribution in [1.29, 1.82) is 0 Å². The van der Waals surface area contributed by atoms with E-state index in [9.17, 15) is 14.4 Å². The number of carbonyl (C=O) groups is 3. The third-order valence-corrected chi connectivity index (χ3v) is 6.42. The predicted molar refractivity (Wildman–Crippen MR) is 149 cm³/mol. The number of aromatic nitrogens is 2. The lowest BCUT2D eigenvalue weighted by Gasteiger charge is -2.18. The van der Waals surface area contributed by atoms with Gasteiger partial charge in [0.15, 0.2) is 0 Å². The van der Waals surface area contributed by atoms with Gasteiger partial charge in [0.05, 0.1) is 23.4 Å². The molecule has 3 aromatic rings. The molecule has 0 saturated heterocycles. The number of ether oxygens (including phenoxy) is 1. The molecular weight excluding hydrogens is 498 g/mol. The molecule has 2 aliphatic rings. The van der Waals surface area contributed by atoms with E-state index in [1.54, 1.807) is 60.6 Å². The van der Waals surface area contributed by atoms with Gasteiger partial charge in [0.1, 0.15) is 23.7 Å². The summed E-state index contributed by atoms with van der Waals surface area (Å²) >= 11 is 0. The van der Waals surface area contributed by atoms with E-state index in [2.05, 4.69) is 31.2 Å². The number of anilines is 4. The van der Waals surface area contributed by atoms with E-state index < -0.39 is 0 Å². The maximum atomic E-state index is 12.8. The highest BCUT2D eigenvalue weighted by Gasteiger charge is 2.29. The van der Waals surface area contributed by atoms with Crippen LogP contribution in [0.25, 0.3) is 5.57 Å². The zero-order chi connectivity index (χ0) is 27.2. The fourth-order valence-corrected chi connectivity index (χ4v) is 4.31. The molecule has 2 bridgehead atoms. The van der Waals surface area contributed by atoms with E-state index in [-0.39, 0.29) is 24.3 Å². The minimum Gasteiger partial charge on any atom is -0.491 e. The largest absolute Gasteiger partial charge is 0.491 e. The van der Waals surface area contributed by atoms with Crippen LogP contribution in [0.15, 0.2) is 61.1 Å². The van der Waals surface area contributed by atoms with Gasteiger partial charge >= 0.3 is 0 Å². The molecule has 11 nitrogen and oxygen atoms in total. The molecule has 3 heterocycles. The first-order chi connectivity index (χ1) is 19.0. The van der Waals surface area contributed by atoms with Crippen LogP contribution in [0, 0.1) is 0 Å². The third-order valence-electron chi connectivity index (χ3n) is 6.42. The van der Waals surface area contributed by atoms with Gasteiger partial charge in [-0.3, -0.25) is 14.4 Å². The first-order valence-electron chi connectivity index (χ1n) is 12.7. The molecular formula is C28H29N7O4. The highest BCUT2D eigenvalue weighted by molar-refractivity contribution is 6.32. The van der Waals surface area contributed by atoms with E-state index in [0.29, 0.717) is 77.8 Å². The Hall–Kier alpha value is -4.93. The van der Waals surface area contributed by atoms with Crippen molar-refractivity contribution in [2.75, 3.05) is 48.0 Å². The standard InChI is InChI=1S/C28H29N7O4/c1-35-13-6-12-29-25-24-20(28(38)34-26(24)32-17-31-25)16-30-19-10-11-21(22(15-19)39-14-5-9-23(35)36)33-27(37)18-7-3-2-4-8-18/h2-4,7-8,10-11,15-17,30H,5-6,9,12-14H2,1H3,(H,33,37)(H2,29,31,32,34,38)/b20-16-. The summed E-state index contributed by atoms with van der Waals surface area (Å²) in [5.74, 6) is 0.847. The maximum Gasteiger partial charge on any atom is 0.259 e. The SMILES string of the molecule is CN1CCCNc2ncnc3c2/C(=C/Nc2ccc(NC(=O)c4ccccc4)c(c2)OCCCC1=O)C(=O)N3. The maximum absolute atomic E-state index is 12.8. The Bertz CT molecular complexity index is 1420. The summed E-state index contributed by atoms with van der Waals surface area (Å²) in [5, 5.41) is 12.1. The number of benzene rings is 2. The van der Waals surface area contributed by atoms with Crippen LogP contribution in [0.5, 0.6) is 5.75 Å². The van der Waals surface area contributed by atoms with E-state index in [1.165, 1.54) is 6.33 Å². The molecule has 2 aromatic carbocycles. The van der Waals surface area contributed by atoms with Crippen LogP contribution in [-0.4, -0.2) is 59.3 Å². The second-order valence-corrected chi connectivity index (χ2v) is 9.18. The van der Waals surface area contributed by atoms with Gasteiger partial charge in [-0.15, -0.1) is 0 Å². The highest BCUT2D eigenvalue weighted by atomic mass is 16.5. The first-order valence-corrected chi connectivity index (χ1v) is 12.7. The zero-order valence-corrected chi connectivity index (χ0v) is 21.5. The van der Waals surface area contributed by atoms with E-state index in [4.69, 9.17) is 4.74 Å². The van der Waals surface area contributed by atoms with E-state index in [1.807, 2.05) is 6.07 Å². The molecule has 0 fully saturated rings. The quantitative estimate of drug-likeness (QED) is 0.397. The molecule has 0 spiro atoms.